The predicted octanol–water partition coefficient (Wildman–Crippen LogP) is 2.77. The first-order valence-corrected chi connectivity index (χ1v) is 9.50. The maximum Gasteiger partial charge on any atom is 0.227 e. The van der Waals surface area contributed by atoms with Gasteiger partial charge in [-0.1, -0.05) is 25.0 Å². The molecule has 1 aliphatic carbocycles. The third-order valence-electron chi connectivity index (χ3n) is 5.77. The monoisotopic (exact) mass is 347 g/mol. The van der Waals surface area contributed by atoms with Crippen LogP contribution in [0.2, 0.25) is 0 Å². The summed E-state index contributed by atoms with van der Waals surface area (Å²) < 4.78 is 13.0. The number of benzene rings is 1. The van der Waals surface area contributed by atoms with Crippen LogP contribution in [0.3, 0.4) is 0 Å². The van der Waals surface area contributed by atoms with Gasteiger partial charge in [0.1, 0.15) is 5.82 Å². The van der Waals surface area contributed by atoms with Gasteiger partial charge in [0.25, 0.3) is 0 Å². The second-order valence-electron chi connectivity index (χ2n) is 7.89. The molecule has 0 radical (unpaired) electrons. The van der Waals surface area contributed by atoms with Crippen LogP contribution in [0.25, 0.3) is 0 Å². The van der Waals surface area contributed by atoms with E-state index >= 15 is 0 Å². The molecular weight excluding hydrogens is 317 g/mol. The number of nitrogens with zero attached hydrogens (tertiary/aromatic N) is 2. The molecule has 1 saturated carbocycles. The van der Waals surface area contributed by atoms with Gasteiger partial charge in [-0.05, 0) is 43.9 Å². The fourth-order valence-electron chi connectivity index (χ4n) is 4.18. The lowest BCUT2D eigenvalue weighted by Crippen LogP contribution is -2.54. The second kappa shape index (κ2) is 7.83. The summed E-state index contributed by atoms with van der Waals surface area (Å²) in [5.41, 5.74) is 7.17. The van der Waals surface area contributed by atoms with Crippen molar-refractivity contribution >= 4 is 5.91 Å². The normalized spacial score (nSPS) is 28.6. The zero-order valence-electron chi connectivity index (χ0n) is 15.2. The largest absolute Gasteiger partial charge is 0.341 e. The average molecular weight is 347 g/mol. The number of halogens is 1. The molecule has 0 bridgehead atoms. The van der Waals surface area contributed by atoms with Crippen LogP contribution >= 0.6 is 0 Å². The van der Waals surface area contributed by atoms with E-state index in [2.05, 4.69) is 4.90 Å². The molecular formula is C20H30FN3O. The minimum Gasteiger partial charge on any atom is -0.341 e. The van der Waals surface area contributed by atoms with Gasteiger partial charge in [0.15, 0.2) is 0 Å². The number of amides is 1. The van der Waals surface area contributed by atoms with Gasteiger partial charge >= 0.3 is 0 Å². The molecule has 0 spiro atoms. The van der Waals surface area contributed by atoms with Gasteiger partial charge in [0.05, 0.1) is 5.92 Å². The number of rotatable bonds is 3. The molecule has 3 rings (SSSR count). The summed E-state index contributed by atoms with van der Waals surface area (Å²) in [4.78, 5) is 17.4. The summed E-state index contributed by atoms with van der Waals surface area (Å²) >= 11 is 0. The van der Waals surface area contributed by atoms with Crippen LogP contribution in [-0.4, -0.2) is 47.4 Å². The Hall–Kier alpha value is -1.46. The quantitative estimate of drug-likeness (QED) is 0.915. The predicted molar refractivity (Wildman–Crippen MR) is 97.4 cm³/mol. The molecule has 2 N–H and O–H groups in total. The second-order valence-corrected chi connectivity index (χ2v) is 7.89. The lowest BCUT2D eigenvalue weighted by molar-refractivity contribution is -0.138. The van der Waals surface area contributed by atoms with Gasteiger partial charge < -0.3 is 10.6 Å². The van der Waals surface area contributed by atoms with Crippen LogP contribution in [0.5, 0.6) is 0 Å². The van der Waals surface area contributed by atoms with Gasteiger partial charge in [0, 0.05) is 38.3 Å². The van der Waals surface area contributed by atoms with Crippen molar-refractivity contribution in [3.05, 3.63) is 35.6 Å². The maximum absolute atomic E-state index is 13.0. The molecule has 1 aromatic rings. The molecule has 5 heteroatoms. The SMILES string of the molecule is CC1(N)CCCCC1C(=O)N1CCCN(Cc2ccc(F)cc2)CC1. The molecule has 1 saturated heterocycles. The summed E-state index contributed by atoms with van der Waals surface area (Å²) in [7, 11) is 0. The zero-order chi connectivity index (χ0) is 17.9. The Bertz CT molecular complexity index is 587. The van der Waals surface area contributed by atoms with E-state index in [0.717, 1.165) is 70.4 Å². The van der Waals surface area contributed by atoms with Crippen molar-refractivity contribution < 1.29 is 9.18 Å². The molecule has 4 nitrogen and oxygen atoms in total. The van der Waals surface area contributed by atoms with E-state index < -0.39 is 0 Å². The van der Waals surface area contributed by atoms with E-state index in [1.54, 1.807) is 0 Å². The van der Waals surface area contributed by atoms with Gasteiger partial charge in [0.2, 0.25) is 5.91 Å². The van der Waals surface area contributed by atoms with Crippen molar-refractivity contribution in [3.63, 3.8) is 0 Å². The highest BCUT2D eigenvalue weighted by Gasteiger charge is 2.39. The molecule has 2 atom stereocenters. The van der Waals surface area contributed by atoms with Crippen LogP contribution in [0, 0.1) is 11.7 Å². The van der Waals surface area contributed by atoms with E-state index in [-0.39, 0.29) is 23.2 Å². The highest BCUT2D eigenvalue weighted by molar-refractivity contribution is 5.80. The molecule has 2 fully saturated rings. The van der Waals surface area contributed by atoms with E-state index in [0.29, 0.717) is 0 Å². The average Bonchev–Trinajstić information content (AvgIpc) is 2.82. The maximum atomic E-state index is 13.0. The van der Waals surface area contributed by atoms with Crippen LogP contribution in [-0.2, 0) is 11.3 Å². The molecule has 1 amide bonds. The molecule has 138 valence electrons. The first-order chi connectivity index (χ1) is 12.0. The van der Waals surface area contributed by atoms with E-state index in [1.807, 2.05) is 24.0 Å². The van der Waals surface area contributed by atoms with E-state index in [1.165, 1.54) is 12.1 Å². The Morgan fingerprint density at radius 2 is 1.92 bits per heavy atom. The smallest absolute Gasteiger partial charge is 0.227 e. The molecule has 1 aromatic carbocycles. The third kappa shape index (κ3) is 4.59. The van der Waals surface area contributed by atoms with Crippen molar-refractivity contribution in [2.75, 3.05) is 26.2 Å². The van der Waals surface area contributed by atoms with E-state index in [4.69, 9.17) is 5.73 Å². The number of hydrogen-bond donors (Lipinski definition) is 1. The molecule has 1 aliphatic heterocycles. The highest BCUT2D eigenvalue weighted by Crippen LogP contribution is 2.33. The van der Waals surface area contributed by atoms with Crippen molar-refractivity contribution in [3.8, 4) is 0 Å². The summed E-state index contributed by atoms with van der Waals surface area (Å²) in [6, 6.07) is 6.69. The summed E-state index contributed by atoms with van der Waals surface area (Å²) in [5, 5.41) is 0. The van der Waals surface area contributed by atoms with Gasteiger partial charge in [-0.2, -0.15) is 0 Å². The number of nitrogens with two attached hydrogens (primary N) is 1. The van der Waals surface area contributed by atoms with Crippen LogP contribution in [0.1, 0.15) is 44.6 Å². The molecule has 25 heavy (non-hydrogen) atoms. The van der Waals surface area contributed by atoms with Crippen molar-refractivity contribution in [2.24, 2.45) is 11.7 Å². The number of carbonyl (C=O) groups excluding carboxylic acids is 1. The number of hydrogen-bond acceptors (Lipinski definition) is 3. The lowest BCUT2D eigenvalue weighted by Gasteiger charge is -2.39. The Balaban J connectivity index is 1.57. The van der Waals surface area contributed by atoms with Crippen LogP contribution < -0.4 is 5.73 Å². The fraction of sp³-hybridized carbons (Fsp3) is 0.650. The van der Waals surface area contributed by atoms with Crippen LogP contribution in [0.4, 0.5) is 4.39 Å². The fourth-order valence-corrected chi connectivity index (χ4v) is 4.18. The molecule has 2 aliphatic rings. The topological polar surface area (TPSA) is 49.6 Å². The Morgan fingerprint density at radius 1 is 1.16 bits per heavy atom. The van der Waals surface area contributed by atoms with Gasteiger partial charge in [-0.15, -0.1) is 0 Å². The zero-order valence-corrected chi connectivity index (χ0v) is 15.2. The standard InChI is InChI=1S/C20H30FN3O/c1-20(22)10-3-2-5-18(20)19(25)24-12-4-11-23(13-14-24)15-16-6-8-17(21)9-7-16/h6-9,18H,2-5,10-15,22H2,1H3. The minimum absolute atomic E-state index is 0.0371. The molecule has 0 aromatic heterocycles. The molecule has 2 unspecified atom stereocenters. The van der Waals surface area contributed by atoms with Gasteiger partial charge in [-0.3, -0.25) is 9.69 Å². The van der Waals surface area contributed by atoms with Crippen molar-refractivity contribution in [1.82, 2.24) is 9.80 Å². The van der Waals surface area contributed by atoms with Gasteiger partial charge in [-0.25, -0.2) is 4.39 Å². The van der Waals surface area contributed by atoms with Crippen molar-refractivity contribution in [2.45, 2.75) is 51.1 Å². The summed E-state index contributed by atoms with van der Waals surface area (Å²) in [5.74, 6) is 0.00642. The first-order valence-electron chi connectivity index (χ1n) is 9.50. The lowest BCUT2D eigenvalue weighted by atomic mass is 9.74. The van der Waals surface area contributed by atoms with Crippen LogP contribution in [0.15, 0.2) is 24.3 Å². The Labute approximate surface area is 150 Å². The Kier molecular flexibility index (Phi) is 5.74. The Morgan fingerprint density at radius 3 is 2.64 bits per heavy atom. The summed E-state index contributed by atoms with van der Waals surface area (Å²) in [6.45, 7) is 6.23. The highest BCUT2D eigenvalue weighted by atomic mass is 19.1. The third-order valence-corrected chi connectivity index (χ3v) is 5.77. The van der Waals surface area contributed by atoms with Crippen molar-refractivity contribution in [1.29, 1.82) is 0 Å². The summed E-state index contributed by atoms with van der Waals surface area (Å²) in [6.07, 6.45) is 5.06. The minimum atomic E-state index is -0.366. The molecule has 1 heterocycles. The number of carbonyl (C=O) groups is 1. The first kappa shape index (κ1) is 18.3. The van der Waals surface area contributed by atoms with E-state index in [9.17, 15) is 9.18 Å².